The van der Waals surface area contributed by atoms with Gasteiger partial charge in [-0.25, -0.2) is 13.4 Å². The highest BCUT2D eigenvalue weighted by atomic mass is 32.2. The van der Waals surface area contributed by atoms with Gasteiger partial charge in [0, 0.05) is 30.6 Å². The number of ketones is 1. The highest BCUT2D eigenvalue weighted by Gasteiger charge is 2.21. The van der Waals surface area contributed by atoms with Crippen LogP contribution in [0.15, 0.2) is 89.0 Å². The van der Waals surface area contributed by atoms with E-state index < -0.39 is 9.84 Å². The molecule has 0 aliphatic rings. The molecule has 0 spiro atoms. The Balaban J connectivity index is 1.47. The lowest BCUT2D eigenvalue weighted by Gasteiger charge is -2.10. The van der Waals surface area contributed by atoms with Crippen molar-refractivity contribution >= 4 is 21.3 Å². The quantitative estimate of drug-likeness (QED) is 0.423. The lowest BCUT2D eigenvalue weighted by atomic mass is 10.0. The predicted octanol–water partition coefficient (Wildman–Crippen LogP) is 3.99. The number of nitrogens with zero attached hydrogens (tertiary/aromatic N) is 2. The van der Waals surface area contributed by atoms with Crippen LogP contribution in [0.25, 0.3) is 5.65 Å². The number of Topliss-reactive ketones (excluding diaryl/α,β-unsaturated/α-hetero) is 1. The number of hydrogen-bond donors (Lipinski definition) is 0. The van der Waals surface area contributed by atoms with E-state index in [2.05, 4.69) is 4.98 Å². The number of aromatic nitrogens is 2. The number of rotatable bonds is 7. The summed E-state index contributed by atoms with van der Waals surface area (Å²) < 4.78 is 32.8. The zero-order chi connectivity index (χ0) is 21.1. The van der Waals surface area contributed by atoms with Gasteiger partial charge in [-0.3, -0.25) is 4.79 Å². The van der Waals surface area contributed by atoms with Gasteiger partial charge in [0.2, 0.25) is 9.84 Å². The molecule has 6 nitrogen and oxygen atoms in total. The maximum Gasteiger partial charge on any atom is 0.210 e. The number of hydrogen-bond acceptors (Lipinski definition) is 5. The summed E-state index contributed by atoms with van der Waals surface area (Å²) in [7, 11) is -2.25. The van der Waals surface area contributed by atoms with E-state index in [1.807, 2.05) is 10.5 Å². The molecule has 0 aliphatic carbocycles. The third-order valence-electron chi connectivity index (χ3n) is 4.94. The molecule has 4 rings (SSSR count). The Morgan fingerprint density at radius 3 is 2.57 bits per heavy atom. The molecule has 0 radical (unpaired) electrons. The summed E-state index contributed by atoms with van der Waals surface area (Å²) in [6.45, 7) is 0. The number of methoxy groups -OCH3 is 1. The van der Waals surface area contributed by atoms with Crippen LogP contribution in [-0.4, -0.2) is 30.7 Å². The van der Waals surface area contributed by atoms with Crippen molar-refractivity contribution in [2.45, 2.75) is 22.6 Å². The van der Waals surface area contributed by atoms with Gasteiger partial charge in [0.25, 0.3) is 0 Å². The van der Waals surface area contributed by atoms with Crippen molar-refractivity contribution in [2.75, 3.05) is 7.11 Å². The summed E-state index contributed by atoms with van der Waals surface area (Å²) in [5.74, 6) is 0.332. The Hall–Kier alpha value is -3.45. The second-order valence-electron chi connectivity index (χ2n) is 6.83. The SMILES string of the molecule is COc1ccccc1S(=O)(=O)c1ccc(CCC(=O)c2ccc3nccn3c2)cc1. The van der Waals surface area contributed by atoms with E-state index in [9.17, 15) is 13.2 Å². The first-order valence-electron chi connectivity index (χ1n) is 9.42. The van der Waals surface area contributed by atoms with Gasteiger partial charge in [0.15, 0.2) is 5.78 Å². The Bertz CT molecular complexity index is 1310. The van der Waals surface area contributed by atoms with Gasteiger partial charge < -0.3 is 9.14 Å². The van der Waals surface area contributed by atoms with Gasteiger partial charge >= 0.3 is 0 Å². The zero-order valence-corrected chi connectivity index (χ0v) is 17.2. The van der Waals surface area contributed by atoms with E-state index in [0.29, 0.717) is 24.2 Å². The standard InChI is InChI=1S/C23H20N2O4S/c1-29-21-4-2-3-5-22(21)30(27,28)19-10-6-17(7-11-19)8-12-20(26)18-9-13-23-24-14-15-25(23)16-18/h2-7,9-11,13-16H,8,12H2,1H3. The number of carbonyl (C=O) groups excluding carboxylic acids is 1. The van der Waals surface area contributed by atoms with Crippen LogP contribution in [0, 0.1) is 0 Å². The van der Waals surface area contributed by atoms with Crippen LogP contribution >= 0.6 is 0 Å². The monoisotopic (exact) mass is 420 g/mol. The Labute approximate surface area is 174 Å². The maximum atomic E-state index is 12.9. The first-order valence-corrected chi connectivity index (χ1v) is 10.9. The smallest absolute Gasteiger partial charge is 0.210 e. The number of benzene rings is 2. The van der Waals surface area contributed by atoms with E-state index in [4.69, 9.17) is 4.74 Å². The molecule has 152 valence electrons. The molecule has 0 fully saturated rings. The lowest BCUT2D eigenvalue weighted by molar-refractivity contribution is 0.0982. The highest BCUT2D eigenvalue weighted by molar-refractivity contribution is 7.91. The predicted molar refractivity (Wildman–Crippen MR) is 113 cm³/mol. The number of para-hydroxylation sites is 1. The van der Waals surface area contributed by atoms with Gasteiger partial charge in [0.05, 0.1) is 12.0 Å². The Morgan fingerprint density at radius 2 is 1.80 bits per heavy atom. The molecule has 0 N–H and O–H groups in total. The molecule has 4 aromatic rings. The molecule has 30 heavy (non-hydrogen) atoms. The largest absolute Gasteiger partial charge is 0.495 e. The van der Waals surface area contributed by atoms with Gasteiger partial charge in [-0.1, -0.05) is 24.3 Å². The molecule has 2 aromatic carbocycles. The number of imidazole rings is 1. The van der Waals surface area contributed by atoms with Crippen molar-refractivity contribution in [3.63, 3.8) is 0 Å². The van der Waals surface area contributed by atoms with E-state index in [1.165, 1.54) is 13.2 Å². The third kappa shape index (κ3) is 3.84. The van der Waals surface area contributed by atoms with E-state index >= 15 is 0 Å². The van der Waals surface area contributed by atoms with Gasteiger partial charge in [-0.15, -0.1) is 0 Å². The lowest BCUT2D eigenvalue weighted by Crippen LogP contribution is -2.05. The summed E-state index contributed by atoms with van der Waals surface area (Å²) >= 11 is 0. The van der Waals surface area contributed by atoms with Crippen LogP contribution in [0.3, 0.4) is 0 Å². The van der Waals surface area contributed by atoms with Crippen molar-refractivity contribution in [1.29, 1.82) is 0 Å². The minimum absolute atomic E-state index is 0.0244. The number of carbonyl (C=O) groups is 1. The Kier molecular flexibility index (Phi) is 5.37. The molecule has 0 saturated carbocycles. The second-order valence-corrected chi connectivity index (χ2v) is 8.75. The van der Waals surface area contributed by atoms with Crippen LogP contribution in [-0.2, 0) is 16.3 Å². The van der Waals surface area contributed by atoms with Gasteiger partial charge in [-0.05, 0) is 48.4 Å². The van der Waals surface area contributed by atoms with Crippen LogP contribution in [0.2, 0.25) is 0 Å². The number of ether oxygens (including phenoxy) is 1. The molecule has 0 unspecified atom stereocenters. The molecular weight excluding hydrogens is 400 g/mol. The summed E-state index contributed by atoms with van der Waals surface area (Å²) in [5, 5.41) is 0. The highest BCUT2D eigenvalue weighted by Crippen LogP contribution is 2.29. The summed E-state index contributed by atoms with van der Waals surface area (Å²) in [5.41, 5.74) is 2.31. The van der Waals surface area contributed by atoms with Crippen molar-refractivity contribution in [3.8, 4) is 5.75 Å². The van der Waals surface area contributed by atoms with Crippen molar-refractivity contribution in [3.05, 3.63) is 90.4 Å². The van der Waals surface area contributed by atoms with Crippen LogP contribution in [0.4, 0.5) is 0 Å². The van der Waals surface area contributed by atoms with Crippen LogP contribution in [0.5, 0.6) is 5.75 Å². The fourth-order valence-electron chi connectivity index (χ4n) is 3.29. The van der Waals surface area contributed by atoms with Gasteiger partial charge in [0.1, 0.15) is 16.3 Å². The second kappa shape index (κ2) is 8.12. The zero-order valence-electron chi connectivity index (χ0n) is 16.4. The van der Waals surface area contributed by atoms with E-state index in [1.54, 1.807) is 67.1 Å². The summed E-state index contributed by atoms with van der Waals surface area (Å²) in [4.78, 5) is 17.0. The third-order valence-corrected chi connectivity index (χ3v) is 6.75. The molecule has 0 bridgehead atoms. The van der Waals surface area contributed by atoms with Gasteiger partial charge in [-0.2, -0.15) is 0 Å². The van der Waals surface area contributed by atoms with Crippen molar-refractivity contribution < 1.29 is 17.9 Å². The molecule has 7 heteroatoms. The van der Waals surface area contributed by atoms with Crippen LogP contribution in [0.1, 0.15) is 22.3 Å². The van der Waals surface area contributed by atoms with Crippen molar-refractivity contribution in [2.24, 2.45) is 0 Å². The topological polar surface area (TPSA) is 77.7 Å². The fraction of sp³-hybridized carbons (Fsp3) is 0.130. The number of aryl methyl sites for hydroxylation is 1. The average Bonchev–Trinajstić information content (AvgIpc) is 3.25. The van der Waals surface area contributed by atoms with Crippen LogP contribution < -0.4 is 4.74 Å². The first-order chi connectivity index (χ1) is 14.5. The molecule has 0 atom stereocenters. The first kappa shape index (κ1) is 19.8. The molecule has 2 heterocycles. The Morgan fingerprint density at radius 1 is 1.03 bits per heavy atom. The molecule has 0 amide bonds. The fourth-order valence-corrected chi connectivity index (χ4v) is 4.71. The maximum absolute atomic E-state index is 12.9. The van der Waals surface area contributed by atoms with E-state index in [0.717, 1.165) is 11.2 Å². The summed E-state index contributed by atoms with van der Waals surface area (Å²) in [6.07, 6.45) is 6.11. The number of fused-ring (bicyclic) bond motifs is 1. The minimum Gasteiger partial charge on any atom is -0.495 e. The number of pyridine rings is 1. The minimum atomic E-state index is -3.69. The normalized spacial score (nSPS) is 11.5. The molecular formula is C23H20N2O4S. The molecule has 0 aliphatic heterocycles. The molecule has 0 saturated heterocycles. The molecule has 2 aromatic heterocycles. The average molecular weight is 420 g/mol. The number of sulfone groups is 1. The van der Waals surface area contributed by atoms with E-state index in [-0.39, 0.29) is 15.6 Å². The van der Waals surface area contributed by atoms with Crippen molar-refractivity contribution in [1.82, 2.24) is 9.38 Å². The summed E-state index contributed by atoms with van der Waals surface area (Å²) in [6, 6.07) is 16.7.